The summed E-state index contributed by atoms with van der Waals surface area (Å²) in [4.78, 5) is 16.1. The number of halogens is 1. The molecule has 1 fully saturated rings. The molecule has 20 heavy (non-hydrogen) atoms. The van der Waals surface area contributed by atoms with Gasteiger partial charge in [-0.1, -0.05) is 37.8 Å². The van der Waals surface area contributed by atoms with Crippen LogP contribution in [0.1, 0.15) is 49.4 Å². The van der Waals surface area contributed by atoms with Gasteiger partial charge in [-0.15, -0.1) is 0 Å². The molecule has 1 aromatic rings. The summed E-state index contributed by atoms with van der Waals surface area (Å²) in [5, 5.41) is 3.32. The predicted octanol–water partition coefficient (Wildman–Crippen LogP) is 2.72. The van der Waals surface area contributed by atoms with E-state index in [4.69, 9.17) is 17.4 Å². The van der Waals surface area contributed by atoms with Gasteiger partial charge in [-0.05, 0) is 24.3 Å². The SMILES string of the molecule is CC1(CNC(=O)c2cnc(NN)c(Cl)c2)CCCCC1. The van der Waals surface area contributed by atoms with Gasteiger partial charge in [0.1, 0.15) is 0 Å². The highest BCUT2D eigenvalue weighted by Gasteiger charge is 2.27. The first-order chi connectivity index (χ1) is 9.54. The number of nitrogens with two attached hydrogens (primary N) is 1. The van der Waals surface area contributed by atoms with Gasteiger partial charge in [0, 0.05) is 12.7 Å². The van der Waals surface area contributed by atoms with Crippen molar-refractivity contribution in [3.8, 4) is 0 Å². The number of hydrogen-bond donors (Lipinski definition) is 3. The second-order valence-electron chi connectivity index (χ2n) is 5.75. The minimum Gasteiger partial charge on any atom is -0.351 e. The minimum atomic E-state index is -0.144. The third kappa shape index (κ3) is 3.61. The maximum absolute atomic E-state index is 12.1. The van der Waals surface area contributed by atoms with E-state index in [-0.39, 0.29) is 11.3 Å². The molecule has 1 amide bonds. The van der Waals surface area contributed by atoms with Crippen LogP contribution in [0, 0.1) is 5.41 Å². The second kappa shape index (κ2) is 6.41. The number of carbonyl (C=O) groups excluding carboxylic acids is 1. The van der Waals surface area contributed by atoms with Crippen LogP contribution in [-0.2, 0) is 0 Å². The van der Waals surface area contributed by atoms with Gasteiger partial charge >= 0.3 is 0 Å². The lowest BCUT2D eigenvalue weighted by molar-refractivity contribution is 0.0919. The summed E-state index contributed by atoms with van der Waals surface area (Å²) in [5.74, 6) is 5.47. The van der Waals surface area contributed by atoms with Gasteiger partial charge in [0.25, 0.3) is 5.91 Å². The van der Waals surface area contributed by atoms with E-state index in [0.29, 0.717) is 22.9 Å². The molecular formula is C14H21ClN4O. The van der Waals surface area contributed by atoms with Crippen molar-refractivity contribution in [1.29, 1.82) is 0 Å². The van der Waals surface area contributed by atoms with Crippen LogP contribution in [0.3, 0.4) is 0 Å². The Morgan fingerprint density at radius 2 is 2.15 bits per heavy atom. The normalized spacial score (nSPS) is 17.6. The summed E-state index contributed by atoms with van der Waals surface area (Å²) in [6, 6.07) is 1.57. The molecule has 0 unspecified atom stereocenters. The Balaban J connectivity index is 1.96. The molecule has 5 nitrogen and oxygen atoms in total. The van der Waals surface area contributed by atoms with Gasteiger partial charge in [0.05, 0.1) is 10.6 Å². The molecule has 0 saturated heterocycles. The summed E-state index contributed by atoms with van der Waals surface area (Å²) in [5.41, 5.74) is 3.04. The van der Waals surface area contributed by atoms with Crippen LogP contribution in [0.4, 0.5) is 5.82 Å². The number of aromatic nitrogens is 1. The fraction of sp³-hybridized carbons (Fsp3) is 0.571. The number of anilines is 1. The zero-order valence-corrected chi connectivity index (χ0v) is 12.5. The van der Waals surface area contributed by atoms with E-state index in [0.717, 1.165) is 0 Å². The van der Waals surface area contributed by atoms with Crippen LogP contribution in [0.5, 0.6) is 0 Å². The van der Waals surface area contributed by atoms with Crippen molar-refractivity contribution >= 4 is 23.3 Å². The molecule has 0 atom stereocenters. The highest BCUT2D eigenvalue weighted by molar-refractivity contribution is 6.33. The third-order valence-corrected chi connectivity index (χ3v) is 4.26. The minimum absolute atomic E-state index is 0.144. The van der Waals surface area contributed by atoms with Gasteiger partial charge in [-0.3, -0.25) is 4.79 Å². The molecule has 0 aromatic carbocycles. The number of hydrogen-bond acceptors (Lipinski definition) is 4. The average Bonchev–Trinajstić information content (AvgIpc) is 2.45. The molecule has 1 aliphatic rings. The Kier molecular flexibility index (Phi) is 4.83. The van der Waals surface area contributed by atoms with E-state index in [2.05, 4.69) is 22.7 Å². The Labute approximate surface area is 124 Å². The average molecular weight is 297 g/mol. The zero-order chi connectivity index (χ0) is 14.6. The Hall–Kier alpha value is -1.33. The van der Waals surface area contributed by atoms with E-state index in [1.807, 2.05) is 0 Å². The van der Waals surface area contributed by atoms with E-state index in [9.17, 15) is 4.79 Å². The number of amides is 1. The Bertz CT molecular complexity index is 486. The van der Waals surface area contributed by atoms with E-state index < -0.39 is 0 Å². The van der Waals surface area contributed by atoms with Crippen LogP contribution < -0.4 is 16.6 Å². The molecule has 0 spiro atoms. The van der Waals surface area contributed by atoms with Gasteiger partial charge in [0.2, 0.25) is 0 Å². The van der Waals surface area contributed by atoms with Crippen LogP contribution >= 0.6 is 11.6 Å². The molecule has 110 valence electrons. The van der Waals surface area contributed by atoms with Crippen molar-refractivity contribution in [2.24, 2.45) is 11.3 Å². The van der Waals surface area contributed by atoms with Crippen LogP contribution in [0.15, 0.2) is 12.3 Å². The topological polar surface area (TPSA) is 80.0 Å². The first-order valence-corrected chi connectivity index (χ1v) is 7.32. The number of carbonyl (C=O) groups is 1. The molecule has 6 heteroatoms. The standard InChI is InChI=1S/C14H21ClN4O/c1-14(5-3-2-4-6-14)9-18-13(20)10-7-11(15)12(19-16)17-8-10/h7-8H,2-6,9,16H2,1H3,(H,17,19)(H,18,20). The van der Waals surface area contributed by atoms with Gasteiger partial charge in [-0.25, -0.2) is 10.8 Å². The first kappa shape index (κ1) is 15.1. The van der Waals surface area contributed by atoms with E-state index >= 15 is 0 Å². The van der Waals surface area contributed by atoms with Gasteiger partial charge in [-0.2, -0.15) is 0 Å². The van der Waals surface area contributed by atoms with Crippen LogP contribution in [-0.4, -0.2) is 17.4 Å². The first-order valence-electron chi connectivity index (χ1n) is 6.94. The molecule has 0 bridgehead atoms. The summed E-state index contributed by atoms with van der Waals surface area (Å²) < 4.78 is 0. The molecule has 4 N–H and O–H groups in total. The number of nitrogen functional groups attached to an aromatic ring is 1. The lowest BCUT2D eigenvalue weighted by Crippen LogP contribution is -2.37. The summed E-state index contributed by atoms with van der Waals surface area (Å²) in [7, 11) is 0. The Morgan fingerprint density at radius 3 is 2.75 bits per heavy atom. The maximum atomic E-state index is 12.1. The third-order valence-electron chi connectivity index (χ3n) is 3.98. The van der Waals surface area contributed by atoms with Crippen molar-refractivity contribution < 1.29 is 4.79 Å². The lowest BCUT2D eigenvalue weighted by Gasteiger charge is -2.33. The van der Waals surface area contributed by atoms with Gasteiger partial charge < -0.3 is 10.7 Å². The summed E-state index contributed by atoms with van der Waals surface area (Å²) in [6.07, 6.45) is 7.61. The number of hydrazine groups is 1. The highest BCUT2D eigenvalue weighted by Crippen LogP contribution is 2.35. The number of rotatable bonds is 4. The highest BCUT2D eigenvalue weighted by atomic mass is 35.5. The predicted molar refractivity (Wildman–Crippen MR) is 80.6 cm³/mol. The van der Waals surface area contributed by atoms with Crippen molar-refractivity contribution in [1.82, 2.24) is 10.3 Å². The van der Waals surface area contributed by atoms with Crippen molar-refractivity contribution in [3.05, 3.63) is 22.8 Å². The van der Waals surface area contributed by atoms with Gasteiger partial charge in [0.15, 0.2) is 5.82 Å². The van der Waals surface area contributed by atoms with Crippen molar-refractivity contribution in [2.75, 3.05) is 12.0 Å². The van der Waals surface area contributed by atoms with Crippen molar-refractivity contribution in [2.45, 2.75) is 39.0 Å². The maximum Gasteiger partial charge on any atom is 0.252 e. The van der Waals surface area contributed by atoms with Crippen LogP contribution in [0.25, 0.3) is 0 Å². The van der Waals surface area contributed by atoms with Crippen LogP contribution in [0.2, 0.25) is 5.02 Å². The lowest BCUT2D eigenvalue weighted by atomic mass is 9.76. The fourth-order valence-electron chi connectivity index (χ4n) is 2.65. The molecule has 1 heterocycles. The number of pyridine rings is 1. The fourth-order valence-corrected chi connectivity index (χ4v) is 2.87. The molecule has 0 radical (unpaired) electrons. The summed E-state index contributed by atoms with van der Waals surface area (Å²) in [6.45, 7) is 2.93. The quantitative estimate of drug-likeness (QED) is 0.589. The zero-order valence-electron chi connectivity index (χ0n) is 11.7. The summed E-state index contributed by atoms with van der Waals surface area (Å²) >= 11 is 5.96. The van der Waals surface area contributed by atoms with Crippen molar-refractivity contribution in [3.63, 3.8) is 0 Å². The Morgan fingerprint density at radius 1 is 1.45 bits per heavy atom. The molecule has 2 rings (SSSR count). The second-order valence-corrected chi connectivity index (χ2v) is 6.16. The molecule has 1 aliphatic carbocycles. The molecule has 1 aromatic heterocycles. The molecular weight excluding hydrogens is 276 g/mol. The monoisotopic (exact) mass is 296 g/mol. The molecule has 0 aliphatic heterocycles. The number of nitrogens with one attached hydrogen (secondary N) is 2. The van der Waals surface area contributed by atoms with E-state index in [1.54, 1.807) is 6.07 Å². The smallest absolute Gasteiger partial charge is 0.252 e. The molecule has 1 saturated carbocycles. The largest absolute Gasteiger partial charge is 0.351 e. The number of nitrogens with zero attached hydrogens (tertiary/aromatic N) is 1. The van der Waals surface area contributed by atoms with E-state index in [1.165, 1.54) is 38.3 Å².